The molecule has 0 fully saturated rings. The molecule has 12 heteroatoms. The second-order valence-corrected chi connectivity index (χ2v) is 10.5. The van der Waals surface area contributed by atoms with E-state index in [0.29, 0.717) is 27.4 Å². The number of amides is 1. The molecular formula is C34H31ClN4O7. The molecule has 2 atom stereocenters. The fourth-order valence-electron chi connectivity index (χ4n) is 4.56. The molecular weight excluding hydrogens is 612 g/mol. The maximum absolute atomic E-state index is 13.3. The van der Waals surface area contributed by atoms with Gasteiger partial charge in [-0.05, 0) is 54.4 Å². The monoisotopic (exact) mass is 642 g/mol. The number of aromatic nitrogens is 1. The highest BCUT2D eigenvalue weighted by molar-refractivity contribution is 6.31. The topological polar surface area (TPSA) is 163 Å². The van der Waals surface area contributed by atoms with Crippen LogP contribution in [0.15, 0.2) is 89.9 Å². The lowest BCUT2D eigenvalue weighted by molar-refractivity contribution is -0.147. The zero-order valence-corrected chi connectivity index (χ0v) is 25.8. The van der Waals surface area contributed by atoms with Crippen LogP contribution in [0.5, 0.6) is 5.75 Å². The molecule has 1 amide bonds. The smallest absolute Gasteiger partial charge is 0.338 e. The summed E-state index contributed by atoms with van der Waals surface area (Å²) in [4.78, 5) is 51.2. The largest absolute Gasteiger partial charge is 0.495 e. The Morgan fingerprint density at radius 2 is 1.72 bits per heavy atom. The second kappa shape index (κ2) is 15.5. The van der Waals surface area contributed by atoms with Crippen LogP contribution in [0.3, 0.4) is 0 Å². The maximum atomic E-state index is 13.3. The summed E-state index contributed by atoms with van der Waals surface area (Å²) in [6.45, 7) is 1.42. The average Bonchev–Trinajstić information content (AvgIpc) is 3.07. The predicted molar refractivity (Wildman–Crippen MR) is 171 cm³/mol. The number of halogens is 1. The number of hydrogen-bond donors (Lipinski definition) is 2. The van der Waals surface area contributed by atoms with Gasteiger partial charge in [-0.3, -0.25) is 19.0 Å². The Hall–Kier alpha value is -5.44. The Morgan fingerprint density at radius 3 is 2.37 bits per heavy atom. The molecule has 4 aromatic rings. The van der Waals surface area contributed by atoms with Gasteiger partial charge in [0.05, 0.1) is 30.5 Å². The number of nitrogens with two attached hydrogens (primary N) is 1. The Kier molecular flexibility index (Phi) is 11.3. The average molecular weight is 643 g/mol. The Bertz CT molecular complexity index is 1820. The van der Waals surface area contributed by atoms with Gasteiger partial charge in [-0.15, -0.1) is 0 Å². The van der Waals surface area contributed by atoms with E-state index >= 15 is 0 Å². The summed E-state index contributed by atoms with van der Waals surface area (Å²) in [5.74, 6) is -1.62. The van der Waals surface area contributed by atoms with Gasteiger partial charge in [-0.2, -0.15) is 5.26 Å². The molecule has 2 unspecified atom stereocenters. The molecule has 0 saturated carbocycles. The lowest BCUT2D eigenvalue weighted by Crippen LogP contribution is -2.37. The highest BCUT2D eigenvalue weighted by atomic mass is 35.5. The van der Waals surface area contributed by atoms with E-state index in [2.05, 4.69) is 11.4 Å². The highest BCUT2D eigenvalue weighted by Gasteiger charge is 2.23. The van der Waals surface area contributed by atoms with Crippen molar-refractivity contribution < 1.29 is 28.6 Å². The summed E-state index contributed by atoms with van der Waals surface area (Å²) in [5.41, 5.74) is 7.77. The van der Waals surface area contributed by atoms with Crippen LogP contribution in [0.1, 0.15) is 40.9 Å². The van der Waals surface area contributed by atoms with Crippen molar-refractivity contribution in [2.45, 2.75) is 32.0 Å². The summed E-state index contributed by atoms with van der Waals surface area (Å²) in [6, 6.07) is 21.0. The minimum absolute atomic E-state index is 0.0487. The van der Waals surface area contributed by atoms with Gasteiger partial charge in [0.1, 0.15) is 31.0 Å². The van der Waals surface area contributed by atoms with Crippen molar-refractivity contribution >= 4 is 35.1 Å². The van der Waals surface area contributed by atoms with Crippen molar-refractivity contribution in [1.82, 2.24) is 4.57 Å². The molecule has 3 aromatic carbocycles. The maximum Gasteiger partial charge on any atom is 0.338 e. The number of nitrogens with zero attached hydrogens (tertiary/aromatic N) is 2. The number of carbonyl (C=O) groups excluding carboxylic acids is 3. The van der Waals surface area contributed by atoms with E-state index < -0.39 is 35.5 Å². The van der Waals surface area contributed by atoms with Gasteiger partial charge in [0.15, 0.2) is 0 Å². The number of pyridine rings is 1. The van der Waals surface area contributed by atoms with Crippen LogP contribution in [0, 0.1) is 11.3 Å². The van der Waals surface area contributed by atoms with Crippen molar-refractivity contribution in [3.05, 3.63) is 117 Å². The first kappa shape index (κ1) is 33.5. The fraction of sp³-hybridized carbons (Fsp3) is 0.206. The van der Waals surface area contributed by atoms with Gasteiger partial charge >= 0.3 is 11.9 Å². The van der Waals surface area contributed by atoms with Crippen molar-refractivity contribution in [3.63, 3.8) is 0 Å². The number of anilines is 1. The van der Waals surface area contributed by atoms with E-state index in [1.165, 1.54) is 48.2 Å². The lowest BCUT2D eigenvalue weighted by atomic mass is 10.00. The quantitative estimate of drug-likeness (QED) is 0.205. The number of hydrogen-bond acceptors (Lipinski definition) is 9. The molecule has 0 bridgehead atoms. The SMILES string of the molecule is CCC(C(=O)Nc1ccc(C(=O)OCC(N)C(=O)OCc2ccccc2)cc1)n1cc(OC)c(-c2cc(Cl)ccc2C#N)cc1=O. The van der Waals surface area contributed by atoms with E-state index in [0.717, 1.165) is 5.56 Å². The van der Waals surface area contributed by atoms with Gasteiger partial charge < -0.3 is 25.3 Å². The van der Waals surface area contributed by atoms with E-state index in [4.69, 9.17) is 31.5 Å². The van der Waals surface area contributed by atoms with Crippen LogP contribution in [0.4, 0.5) is 5.69 Å². The third-order valence-electron chi connectivity index (χ3n) is 6.99. The molecule has 3 N–H and O–H groups in total. The van der Waals surface area contributed by atoms with Gasteiger partial charge in [-0.1, -0.05) is 48.9 Å². The summed E-state index contributed by atoms with van der Waals surface area (Å²) in [6.07, 6.45) is 1.70. The third kappa shape index (κ3) is 8.18. The zero-order chi connectivity index (χ0) is 33.2. The molecule has 236 valence electrons. The summed E-state index contributed by atoms with van der Waals surface area (Å²) in [7, 11) is 1.42. The molecule has 0 saturated heterocycles. The molecule has 46 heavy (non-hydrogen) atoms. The van der Waals surface area contributed by atoms with Crippen molar-refractivity contribution in [2.24, 2.45) is 5.73 Å². The zero-order valence-electron chi connectivity index (χ0n) is 25.1. The minimum Gasteiger partial charge on any atom is -0.495 e. The van der Waals surface area contributed by atoms with Crippen molar-refractivity contribution in [2.75, 3.05) is 19.0 Å². The van der Waals surface area contributed by atoms with E-state index in [9.17, 15) is 24.4 Å². The molecule has 0 aliphatic rings. The van der Waals surface area contributed by atoms with Gasteiger partial charge in [0.2, 0.25) is 5.91 Å². The Labute approximate surface area is 270 Å². The van der Waals surface area contributed by atoms with Crippen LogP contribution in [0.25, 0.3) is 11.1 Å². The molecule has 4 rings (SSSR count). The molecule has 0 radical (unpaired) electrons. The fourth-order valence-corrected chi connectivity index (χ4v) is 4.73. The standard InChI is InChI=1S/C34H31ClN4O7/c1-3-29(39-18-30(44-2)27(16-31(39)40)26-15-24(35)12-9-23(26)17-36)32(41)38-25-13-10-22(11-14-25)33(42)46-20-28(37)34(43)45-19-21-7-5-4-6-8-21/h4-16,18,28-29H,3,19-20,37H2,1-2H3,(H,38,41). The van der Waals surface area contributed by atoms with Crippen LogP contribution in [-0.4, -0.2) is 42.2 Å². The Morgan fingerprint density at radius 1 is 1.00 bits per heavy atom. The van der Waals surface area contributed by atoms with Crippen molar-refractivity contribution in [3.8, 4) is 22.9 Å². The van der Waals surface area contributed by atoms with Gasteiger partial charge in [0.25, 0.3) is 5.56 Å². The lowest BCUT2D eigenvalue weighted by Gasteiger charge is -2.20. The van der Waals surface area contributed by atoms with Crippen LogP contribution < -0.4 is 21.3 Å². The van der Waals surface area contributed by atoms with Crippen LogP contribution >= 0.6 is 11.6 Å². The number of nitriles is 1. The summed E-state index contributed by atoms with van der Waals surface area (Å²) in [5, 5.41) is 12.7. The number of rotatable bonds is 12. The molecule has 1 aromatic heterocycles. The molecule has 0 aliphatic heterocycles. The number of carbonyl (C=O) groups is 3. The predicted octanol–water partition coefficient (Wildman–Crippen LogP) is 4.87. The first-order valence-corrected chi connectivity index (χ1v) is 14.6. The number of benzene rings is 3. The first-order chi connectivity index (χ1) is 22.1. The second-order valence-electron chi connectivity index (χ2n) is 10.1. The van der Waals surface area contributed by atoms with E-state index in [1.807, 2.05) is 18.2 Å². The summed E-state index contributed by atoms with van der Waals surface area (Å²) < 4.78 is 17.1. The van der Waals surface area contributed by atoms with Crippen LogP contribution in [0.2, 0.25) is 5.02 Å². The normalized spacial score (nSPS) is 11.9. The van der Waals surface area contributed by atoms with Gasteiger partial charge in [-0.25, -0.2) is 4.79 Å². The molecule has 1 heterocycles. The number of ether oxygens (including phenoxy) is 3. The molecule has 0 spiro atoms. The molecule has 11 nitrogen and oxygen atoms in total. The number of esters is 2. The van der Waals surface area contributed by atoms with Crippen molar-refractivity contribution in [1.29, 1.82) is 5.26 Å². The molecule has 0 aliphatic carbocycles. The van der Waals surface area contributed by atoms with E-state index in [1.54, 1.807) is 37.3 Å². The third-order valence-corrected chi connectivity index (χ3v) is 7.23. The number of methoxy groups -OCH3 is 1. The summed E-state index contributed by atoms with van der Waals surface area (Å²) >= 11 is 6.14. The number of nitrogens with one attached hydrogen (secondary N) is 1. The Balaban J connectivity index is 1.39. The first-order valence-electron chi connectivity index (χ1n) is 14.2. The van der Waals surface area contributed by atoms with E-state index in [-0.39, 0.29) is 30.9 Å². The van der Waals surface area contributed by atoms with Crippen LogP contribution in [-0.2, 0) is 25.7 Å². The van der Waals surface area contributed by atoms with Gasteiger partial charge in [0, 0.05) is 27.9 Å². The highest BCUT2D eigenvalue weighted by Crippen LogP contribution is 2.33. The minimum atomic E-state index is -1.16.